The molecule has 92 valence electrons. The van der Waals surface area contributed by atoms with Crippen LogP contribution in [0.2, 0.25) is 0 Å². The molecule has 1 aliphatic heterocycles. The van der Waals surface area contributed by atoms with Crippen molar-refractivity contribution in [3.63, 3.8) is 0 Å². The van der Waals surface area contributed by atoms with Gasteiger partial charge in [0.2, 0.25) is 0 Å². The van der Waals surface area contributed by atoms with E-state index < -0.39 is 17.5 Å². The molecule has 1 aliphatic rings. The number of hydrogen-bond acceptors (Lipinski definition) is 4. The van der Waals surface area contributed by atoms with Gasteiger partial charge in [0, 0.05) is 12.2 Å². The van der Waals surface area contributed by atoms with Crippen molar-refractivity contribution >= 4 is 45.4 Å². The molecule has 0 fully saturated rings. The normalized spacial score (nSPS) is 20.6. The topological polar surface area (TPSA) is 34.0 Å². The first-order valence-corrected chi connectivity index (χ1v) is 6.32. The Hall–Kier alpha value is 0.01000. The summed E-state index contributed by atoms with van der Waals surface area (Å²) in [7, 11) is 0. The van der Waals surface area contributed by atoms with E-state index in [0.717, 1.165) is 11.8 Å². The van der Waals surface area contributed by atoms with Crippen LogP contribution < -0.4 is 0 Å². The van der Waals surface area contributed by atoms with E-state index in [-0.39, 0.29) is 5.75 Å². The molecular formula is C8H10F3IN2OS. The van der Waals surface area contributed by atoms with Crippen LogP contribution in [0, 0.1) is 0 Å². The predicted octanol–water partition coefficient (Wildman–Crippen LogP) is 3.59. The highest BCUT2D eigenvalue weighted by Crippen LogP contribution is 2.29. The number of hydrogen-bond donors (Lipinski definition) is 0. The molecule has 0 aromatic heterocycles. The van der Waals surface area contributed by atoms with E-state index in [1.165, 1.54) is 22.9 Å². The molecule has 16 heavy (non-hydrogen) atoms. The maximum Gasteiger partial charge on any atom is 0.430 e. The largest absolute Gasteiger partial charge is 0.430 e. The Balaban J connectivity index is 2.47. The van der Waals surface area contributed by atoms with Crippen LogP contribution in [-0.2, 0) is 4.84 Å². The van der Waals surface area contributed by atoms with E-state index in [4.69, 9.17) is 4.84 Å². The number of nitrogens with zero attached hydrogens (tertiary/aromatic N) is 2. The third kappa shape index (κ3) is 4.11. The number of alkyl halides is 3. The molecule has 1 heterocycles. The second-order valence-corrected chi connectivity index (χ2v) is 5.36. The van der Waals surface area contributed by atoms with Crippen molar-refractivity contribution in [3.05, 3.63) is 0 Å². The van der Waals surface area contributed by atoms with Crippen molar-refractivity contribution in [1.29, 1.82) is 0 Å². The molecule has 0 aromatic rings. The Kier molecular flexibility index (Phi) is 4.49. The van der Waals surface area contributed by atoms with E-state index in [2.05, 4.69) is 8.36 Å². The first-order valence-electron chi connectivity index (χ1n) is 4.37. The lowest BCUT2D eigenvalue weighted by Crippen LogP contribution is -2.25. The van der Waals surface area contributed by atoms with Crippen molar-refractivity contribution < 1.29 is 18.0 Å². The second kappa shape index (κ2) is 5.11. The number of halogens is 4. The highest BCUT2D eigenvalue weighted by molar-refractivity contribution is 14.1. The molecule has 0 saturated heterocycles. The summed E-state index contributed by atoms with van der Waals surface area (Å²) in [5, 5.41) is 4.31. The Morgan fingerprint density at radius 1 is 1.62 bits per heavy atom. The van der Waals surface area contributed by atoms with Crippen LogP contribution >= 0.6 is 34.6 Å². The third-order valence-electron chi connectivity index (χ3n) is 1.78. The zero-order valence-corrected chi connectivity index (χ0v) is 11.6. The Morgan fingerprint density at radius 2 is 2.25 bits per heavy atom. The monoisotopic (exact) mass is 366 g/mol. The third-order valence-corrected chi connectivity index (χ3v) is 3.33. The van der Waals surface area contributed by atoms with Crippen LogP contribution in [0.1, 0.15) is 20.3 Å². The minimum absolute atomic E-state index is 0.231. The summed E-state index contributed by atoms with van der Waals surface area (Å²) in [6.07, 6.45) is -3.84. The lowest BCUT2D eigenvalue weighted by Gasteiger charge is -2.13. The van der Waals surface area contributed by atoms with Gasteiger partial charge in [-0.3, -0.25) is 0 Å². The van der Waals surface area contributed by atoms with Crippen LogP contribution in [0.25, 0.3) is 0 Å². The molecule has 0 spiro atoms. The van der Waals surface area contributed by atoms with Gasteiger partial charge in [-0.15, -0.1) is 11.8 Å². The minimum Gasteiger partial charge on any atom is -0.389 e. The molecule has 0 aliphatic carbocycles. The van der Waals surface area contributed by atoms with E-state index >= 15 is 0 Å². The quantitative estimate of drug-likeness (QED) is 0.553. The molecule has 3 nitrogen and oxygen atoms in total. The first kappa shape index (κ1) is 14.1. The fraction of sp³-hybridized carbons (Fsp3) is 0.750. The van der Waals surface area contributed by atoms with Gasteiger partial charge in [0.25, 0.3) is 0 Å². The maximum atomic E-state index is 12.3. The van der Waals surface area contributed by atoms with Crippen LogP contribution in [-0.4, -0.2) is 28.3 Å². The molecule has 0 radical (unpaired) electrons. The molecule has 0 atom stereocenters. The van der Waals surface area contributed by atoms with Crippen molar-refractivity contribution in [1.82, 2.24) is 0 Å². The zero-order valence-electron chi connectivity index (χ0n) is 8.64. The number of rotatable bonds is 2. The van der Waals surface area contributed by atoms with Gasteiger partial charge >= 0.3 is 6.18 Å². The summed E-state index contributed by atoms with van der Waals surface area (Å²) in [6, 6.07) is 0. The van der Waals surface area contributed by atoms with Gasteiger partial charge in [-0.25, -0.2) is 3.21 Å². The summed E-state index contributed by atoms with van der Waals surface area (Å²) in [6.45, 7) is 3.67. The van der Waals surface area contributed by atoms with Crippen molar-refractivity contribution in [3.8, 4) is 0 Å². The molecule has 0 saturated carbocycles. The van der Waals surface area contributed by atoms with Gasteiger partial charge in [-0.2, -0.15) is 13.2 Å². The zero-order chi connectivity index (χ0) is 12.4. The van der Waals surface area contributed by atoms with Gasteiger partial charge in [0.05, 0.1) is 22.9 Å². The molecular weight excluding hydrogens is 356 g/mol. The van der Waals surface area contributed by atoms with E-state index in [1.807, 2.05) is 13.8 Å². The van der Waals surface area contributed by atoms with Gasteiger partial charge in [0.1, 0.15) is 16.4 Å². The average Bonchev–Trinajstić information content (AvgIpc) is 2.44. The van der Waals surface area contributed by atoms with Crippen LogP contribution in [0.15, 0.2) is 8.36 Å². The number of oxime groups is 1. The van der Waals surface area contributed by atoms with Crippen molar-refractivity contribution in [2.24, 2.45) is 8.36 Å². The minimum atomic E-state index is -4.37. The van der Waals surface area contributed by atoms with Gasteiger partial charge in [-0.1, -0.05) is 5.16 Å². The van der Waals surface area contributed by atoms with Gasteiger partial charge < -0.3 is 4.84 Å². The molecule has 1 rings (SSSR count). The van der Waals surface area contributed by atoms with Crippen LogP contribution in [0.4, 0.5) is 13.2 Å². The maximum absolute atomic E-state index is 12.3. The Morgan fingerprint density at radius 3 is 2.62 bits per heavy atom. The molecule has 8 heteroatoms. The van der Waals surface area contributed by atoms with Crippen LogP contribution in [0.5, 0.6) is 0 Å². The number of thioether (sulfide) groups is 1. The fourth-order valence-corrected chi connectivity index (χ4v) is 2.73. The fourth-order valence-electron chi connectivity index (χ4n) is 0.986. The molecule has 0 unspecified atom stereocenters. The van der Waals surface area contributed by atoms with Crippen molar-refractivity contribution in [2.45, 2.75) is 32.0 Å². The van der Waals surface area contributed by atoms with Gasteiger partial charge in [-0.05, 0) is 13.8 Å². The second-order valence-electron chi connectivity index (χ2n) is 3.83. The molecule has 0 aromatic carbocycles. The highest BCUT2D eigenvalue weighted by atomic mass is 127. The Bertz CT molecular complexity index is 328. The molecule has 0 bridgehead atoms. The lowest BCUT2D eigenvalue weighted by atomic mass is 10.1. The summed E-state index contributed by atoms with van der Waals surface area (Å²) in [4.78, 5) is 5.05. The van der Waals surface area contributed by atoms with Gasteiger partial charge in [0.15, 0.2) is 0 Å². The standard InChI is InChI=1S/C8H10F3IN2OS/c1-7(2)3-6(14-15-7)16-4-5(13-12)8(9,10)11/h3-4H2,1-2H3. The van der Waals surface area contributed by atoms with E-state index in [9.17, 15) is 13.2 Å². The SMILES string of the molecule is CC1(C)CC(SCC(=NI)C(F)(F)F)=NO1. The van der Waals surface area contributed by atoms with Crippen LogP contribution in [0.3, 0.4) is 0 Å². The smallest absolute Gasteiger partial charge is 0.389 e. The molecule has 0 N–H and O–H groups in total. The molecule has 0 amide bonds. The average molecular weight is 366 g/mol. The summed E-state index contributed by atoms with van der Waals surface area (Å²) in [5.74, 6) is -0.231. The summed E-state index contributed by atoms with van der Waals surface area (Å²) in [5.41, 5.74) is -1.21. The summed E-state index contributed by atoms with van der Waals surface area (Å²) < 4.78 is 40.2. The first-order chi connectivity index (χ1) is 7.24. The van der Waals surface area contributed by atoms with Crippen molar-refractivity contribution in [2.75, 3.05) is 5.75 Å². The Labute approximate surface area is 109 Å². The van der Waals surface area contributed by atoms with E-state index in [1.54, 1.807) is 0 Å². The predicted molar refractivity (Wildman–Crippen MR) is 67.2 cm³/mol. The highest BCUT2D eigenvalue weighted by Gasteiger charge is 2.36. The summed E-state index contributed by atoms with van der Waals surface area (Å²) >= 11 is 2.37. The van der Waals surface area contributed by atoms with E-state index in [0.29, 0.717) is 11.5 Å². The lowest BCUT2D eigenvalue weighted by molar-refractivity contribution is -0.0585.